The molecule has 2 rings (SSSR count). The van der Waals surface area contributed by atoms with E-state index in [1.165, 1.54) is 6.07 Å². The summed E-state index contributed by atoms with van der Waals surface area (Å²) in [6, 6.07) is 4.96. The Kier molecular flexibility index (Phi) is 6.83. The highest BCUT2D eigenvalue weighted by molar-refractivity contribution is 5.83. The van der Waals surface area contributed by atoms with Crippen LogP contribution in [0.4, 0.5) is 4.79 Å². The molecule has 0 aliphatic carbocycles. The topological polar surface area (TPSA) is 94.8 Å². The molecule has 0 radical (unpaired) electrons. The minimum atomic E-state index is -0.602. The second kappa shape index (κ2) is 8.91. The number of hydrogen-bond acceptors (Lipinski definition) is 6. The van der Waals surface area contributed by atoms with E-state index >= 15 is 0 Å². The van der Waals surface area contributed by atoms with Crippen molar-refractivity contribution in [1.29, 1.82) is 0 Å². The fourth-order valence-corrected chi connectivity index (χ4v) is 2.74. The lowest BCUT2D eigenvalue weighted by Gasteiger charge is -2.19. The molecule has 7 nitrogen and oxygen atoms in total. The van der Waals surface area contributed by atoms with Gasteiger partial charge in [-0.25, -0.2) is 9.59 Å². The first-order valence-corrected chi connectivity index (χ1v) is 9.34. The molecular formula is C21H27NO6. The smallest absolute Gasteiger partial charge is 0.407 e. The maximum absolute atomic E-state index is 12.2. The molecule has 0 unspecified atom stereocenters. The summed E-state index contributed by atoms with van der Waals surface area (Å²) in [4.78, 5) is 35.7. The number of fused-ring (bicyclic) bond motifs is 1. The number of amides is 1. The summed E-state index contributed by atoms with van der Waals surface area (Å²) in [5, 5.41) is 3.31. The Morgan fingerprint density at radius 2 is 1.93 bits per heavy atom. The molecule has 1 aromatic carbocycles. The average molecular weight is 389 g/mol. The summed E-state index contributed by atoms with van der Waals surface area (Å²) in [6.07, 6.45) is 0.900. The molecule has 1 amide bonds. The first-order valence-electron chi connectivity index (χ1n) is 9.34. The van der Waals surface area contributed by atoms with Gasteiger partial charge in [0.15, 0.2) is 0 Å². The van der Waals surface area contributed by atoms with Crippen molar-refractivity contribution >= 4 is 23.0 Å². The van der Waals surface area contributed by atoms with Crippen molar-refractivity contribution in [1.82, 2.24) is 5.32 Å². The molecule has 7 heteroatoms. The number of aryl methyl sites for hydroxylation is 1. The molecule has 0 saturated carbocycles. The predicted octanol–water partition coefficient (Wildman–Crippen LogP) is 3.87. The Morgan fingerprint density at radius 1 is 1.21 bits per heavy atom. The van der Waals surface area contributed by atoms with E-state index in [9.17, 15) is 14.4 Å². The second-order valence-corrected chi connectivity index (χ2v) is 7.55. The molecule has 0 aliphatic rings. The summed E-state index contributed by atoms with van der Waals surface area (Å²) >= 11 is 0. The molecule has 2 aromatic rings. The van der Waals surface area contributed by atoms with Gasteiger partial charge in [0.05, 0.1) is 6.42 Å². The minimum Gasteiger partial charge on any atom is -0.444 e. The lowest BCUT2D eigenvalue weighted by atomic mass is 10.0. The van der Waals surface area contributed by atoms with Crippen molar-refractivity contribution in [2.45, 2.75) is 59.5 Å². The van der Waals surface area contributed by atoms with Gasteiger partial charge in [-0.3, -0.25) is 4.79 Å². The van der Waals surface area contributed by atoms with Crippen LogP contribution < -0.4 is 15.7 Å². The summed E-state index contributed by atoms with van der Waals surface area (Å²) in [7, 11) is 0. The molecule has 0 saturated heterocycles. The highest BCUT2D eigenvalue weighted by atomic mass is 16.6. The zero-order valence-electron chi connectivity index (χ0n) is 17.0. The SMILES string of the molecule is CCCc1c(C)c2ccc(OC(=O)CCNC(=O)OC(C)(C)C)cc2oc1=O. The van der Waals surface area contributed by atoms with Gasteiger partial charge in [0.1, 0.15) is 16.9 Å². The first-order chi connectivity index (χ1) is 13.1. The van der Waals surface area contributed by atoms with E-state index in [1.807, 2.05) is 13.8 Å². The summed E-state index contributed by atoms with van der Waals surface area (Å²) in [6.45, 7) is 9.25. The Labute approximate surface area is 164 Å². The number of carbonyl (C=O) groups excluding carboxylic acids is 2. The van der Waals surface area contributed by atoms with E-state index in [4.69, 9.17) is 13.9 Å². The lowest BCUT2D eigenvalue weighted by molar-refractivity contribution is -0.134. The standard InChI is InChI=1S/C21H27NO6/c1-6-7-16-13(2)15-9-8-14(12-17(15)27-19(16)24)26-18(23)10-11-22-20(25)28-21(3,4)5/h8-9,12H,6-7,10-11H2,1-5H3,(H,22,25). The lowest BCUT2D eigenvalue weighted by Crippen LogP contribution is -2.34. The summed E-state index contributed by atoms with van der Waals surface area (Å²) in [5.41, 5.74) is 0.964. The van der Waals surface area contributed by atoms with Crippen LogP contribution in [0.25, 0.3) is 11.0 Å². The van der Waals surface area contributed by atoms with Gasteiger partial charge < -0.3 is 19.2 Å². The van der Waals surface area contributed by atoms with Gasteiger partial charge in [0.25, 0.3) is 0 Å². The number of carbonyl (C=O) groups is 2. The van der Waals surface area contributed by atoms with Crippen molar-refractivity contribution in [3.63, 3.8) is 0 Å². The van der Waals surface area contributed by atoms with Gasteiger partial charge in [-0.05, 0) is 51.8 Å². The molecule has 152 valence electrons. The largest absolute Gasteiger partial charge is 0.444 e. The minimum absolute atomic E-state index is 0.0182. The van der Waals surface area contributed by atoms with E-state index < -0.39 is 17.7 Å². The van der Waals surface area contributed by atoms with Crippen LogP contribution in [-0.4, -0.2) is 24.2 Å². The summed E-state index contributed by atoms with van der Waals surface area (Å²) in [5.74, 6) is -0.238. The maximum atomic E-state index is 12.2. The van der Waals surface area contributed by atoms with Crippen molar-refractivity contribution in [2.75, 3.05) is 6.54 Å². The molecule has 0 aliphatic heterocycles. The van der Waals surface area contributed by atoms with E-state index in [1.54, 1.807) is 32.9 Å². The number of benzene rings is 1. The highest BCUT2D eigenvalue weighted by Gasteiger charge is 2.16. The summed E-state index contributed by atoms with van der Waals surface area (Å²) < 4.78 is 15.7. The fourth-order valence-electron chi connectivity index (χ4n) is 2.74. The van der Waals surface area contributed by atoms with E-state index in [-0.39, 0.29) is 24.3 Å². The molecule has 0 atom stereocenters. The van der Waals surface area contributed by atoms with E-state index in [2.05, 4.69) is 5.32 Å². The number of hydrogen-bond donors (Lipinski definition) is 1. The number of nitrogens with one attached hydrogen (secondary N) is 1. The van der Waals surface area contributed by atoms with Gasteiger partial charge in [0, 0.05) is 23.6 Å². The zero-order valence-corrected chi connectivity index (χ0v) is 17.0. The number of esters is 1. The van der Waals surface area contributed by atoms with Crippen molar-refractivity contribution < 1.29 is 23.5 Å². The third-order valence-corrected chi connectivity index (χ3v) is 3.99. The number of alkyl carbamates (subject to hydrolysis) is 1. The zero-order chi connectivity index (χ0) is 20.9. The van der Waals surface area contributed by atoms with E-state index in [0.29, 0.717) is 17.6 Å². The molecule has 0 spiro atoms. The second-order valence-electron chi connectivity index (χ2n) is 7.55. The predicted molar refractivity (Wildman–Crippen MR) is 106 cm³/mol. The molecule has 0 bridgehead atoms. The highest BCUT2D eigenvalue weighted by Crippen LogP contribution is 2.24. The van der Waals surface area contributed by atoms with Crippen LogP contribution in [0.2, 0.25) is 0 Å². The fraction of sp³-hybridized carbons (Fsp3) is 0.476. The molecule has 1 heterocycles. The van der Waals surface area contributed by atoms with Gasteiger partial charge in [0.2, 0.25) is 0 Å². The molecule has 28 heavy (non-hydrogen) atoms. The first kappa shape index (κ1) is 21.5. The van der Waals surface area contributed by atoms with Crippen LogP contribution in [0.1, 0.15) is 51.7 Å². The van der Waals surface area contributed by atoms with Crippen LogP contribution >= 0.6 is 0 Å². The van der Waals surface area contributed by atoms with Crippen molar-refractivity contribution in [3.05, 3.63) is 39.7 Å². The van der Waals surface area contributed by atoms with E-state index in [0.717, 1.165) is 17.4 Å². The van der Waals surface area contributed by atoms with Crippen LogP contribution in [0.15, 0.2) is 27.4 Å². The number of ether oxygens (including phenoxy) is 2. The third-order valence-electron chi connectivity index (χ3n) is 3.99. The van der Waals surface area contributed by atoms with Gasteiger partial charge in [-0.1, -0.05) is 13.3 Å². The van der Waals surface area contributed by atoms with Gasteiger partial charge in [-0.15, -0.1) is 0 Å². The Bertz CT molecular complexity index is 923. The van der Waals surface area contributed by atoms with Crippen molar-refractivity contribution in [2.24, 2.45) is 0 Å². The molecule has 0 fully saturated rings. The normalized spacial score (nSPS) is 11.3. The van der Waals surface area contributed by atoms with Crippen LogP contribution in [0, 0.1) is 6.92 Å². The van der Waals surface area contributed by atoms with Crippen molar-refractivity contribution in [3.8, 4) is 5.75 Å². The molecule has 1 N–H and O–H groups in total. The molecule has 1 aromatic heterocycles. The third kappa shape index (κ3) is 5.84. The van der Waals surface area contributed by atoms with Gasteiger partial charge >= 0.3 is 17.7 Å². The Hall–Kier alpha value is -2.83. The number of rotatable bonds is 6. The van der Waals surface area contributed by atoms with Crippen LogP contribution in [-0.2, 0) is 16.0 Å². The Balaban J connectivity index is 2.00. The maximum Gasteiger partial charge on any atom is 0.407 e. The monoisotopic (exact) mass is 389 g/mol. The Morgan fingerprint density at radius 3 is 2.57 bits per heavy atom. The average Bonchev–Trinajstić information content (AvgIpc) is 2.56. The molecular weight excluding hydrogens is 362 g/mol. The van der Waals surface area contributed by atoms with Crippen LogP contribution in [0.3, 0.4) is 0 Å². The van der Waals surface area contributed by atoms with Crippen LogP contribution in [0.5, 0.6) is 5.75 Å². The quantitative estimate of drug-likeness (QED) is 0.458. The van der Waals surface area contributed by atoms with Gasteiger partial charge in [-0.2, -0.15) is 0 Å².